The molecule has 0 aliphatic carbocycles. The lowest BCUT2D eigenvalue weighted by Gasteiger charge is -2.51. The van der Waals surface area contributed by atoms with E-state index in [1.807, 2.05) is 31.3 Å². The first kappa shape index (κ1) is 16.9. The van der Waals surface area contributed by atoms with Crippen LogP contribution in [0.3, 0.4) is 0 Å². The molecular formula is C22H27N3O2. The molecule has 3 atom stereocenters. The Labute approximate surface area is 160 Å². The number of piperidine rings is 3. The van der Waals surface area contributed by atoms with Gasteiger partial charge in [0.2, 0.25) is 0 Å². The highest BCUT2D eigenvalue weighted by molar-refractivity contribution is 5.93. The fourth-order valence-electron chi connectivity index (χ4n) is 5.68. The number of ether oxygens (including phenoxy) is 1. The van der Waals surface area contributed by atoms with Crippen LogP contribution in [-0.2, 0) is 0 Å². The SMILES string of the molecule is COc1ccccc1[C@@H]1CN(C(=O)c2cc(C)c[nH]2)[C@@H]2C3CCN(CC3)[C@@H]21. The van der Waals surface area contributed by atoms with Crippen LogP contribution in [-0.4, -0.2) is 59.5 Å². The van der Waals surface area contributed by atoms with Crippen molar-refractivity contribution in [2.45, 2.75) is 37.8 Å². The topological polar surface area (TPSA) is 48.6 Å². The smallest absolute Gasteiger partial charge is 0.270 e. The van der Waals surface area contributed by atoms with E-state index in [1.54, 1.807) is 7.11 Å². The van der Waals surface area contributed by atoms with E-state index >= 15 is 0 Å². The molecule has 6 rings (SSSR count). The number of amides is 1. The Hall–Kier alpha value is -2.27. The molecular weight excluding hydrogens is 338 g/mol. The Balaban J connectivity index is 1.55. The number of nitrogens with one attached hydrogen (secondary N) is 1. The fraction of sp³-hybridized carbons (Fsp3) is 0.500. The molecule has 4 fully saturated rings. The molecule has 5 heterocycles. The average molecular weight is 365 g/mol. The molecule has 0 saturated carbocycles. The third-order valence-corrected chi connectivity index (χ3v) is 6.85. The monoisotopic (exact) mass is 365 g/mol. The lowest BCUT2D eigenvalue weighted by molar-refractivity contribution is -0.00365. The summed E-state index contributed by atoms with van der Waals surface area (Å²) >= 11 is 0. The van der Waals surface area contributed by atoms with Gasteiger partial charge in [-0.05, 0) is 56.5 Å². The zero-order chi connectivity index (χ0) is 18.5. The van der Waals surface area contributed by atoms with Crippen molar-refractivity contribution >= 4 is 5.91 Å². The number of rotatable bonds is 3. The van der Waals surface area contributed by atoms with Gasteiger partial charge in [-0.3, -0.25) is 9.69 Å². The predicted octanol–water partition coefficient (Wildman–Crippen LogP) is 3.03. The normalized spacial score (nSPS) is 31.8. The van der Waals surface area contributed by atoms with Crippen molar-refractivity contribution < 1.29 is 9.53 Å². The lowest BCUT2D eigenvalue weighted by Crippen LogP contribution is -2.60. The Morgan fingerprint density at radius 1 is 1.19 bits per heavy atom. The molecule has 142 valence electrons. The molecule has 1 aromatic carbocycles. The third kappa shape index (κ3) is 2.59. The van der Waals surface area contributed by atoms with E-state index in [2.05, 4.69) is 26.9 Å². The third-order valence-electron chi connectivity index (χ3n) is 6.85. The summed E-state index contributed by atoms with van der Waals surface area (Å²) in [5, 5.41) is 0. The van der Waals surface area contributed by atoms with Gasteiger partial charge in [-0.15, -0.1) is 0 Å². The van der Waals surface area contributed by atoms with Gasteiger partial charge in [0.15, 0.2) is 0 Å². The summed E-state index contributed by atoms with van der Waals surface area (Å²) < 4.78 is 5.67. The van der Waals surface area contributed by atoms with Gasteiger partial charge in [-0.1, -0.05) is 18.2 Å². The van der Waals surface area contributed by atoms with Crippen LogP contribution in [0.5, 0.6) is 5.75 Å². The van der Waals surface area contributed by atoms with Gasteiger partial charge in [0.05, 0.1) is 13.2 Å². The highest BCUT2D eigenvalue weighted by atomic mass is 16.5. The molecule has 4 aliphatic heterocycles. The second-order valence-electron chi connectivity index (χ2n) is 8.25. The van der Waals surface area contributed by atoms with Crippen molar-refractivity contribution in [3.8, 4) is 5.75 Å². The molecule has 1 amide bonds. The molecule has 5 nitrogen and oxygen atoms in total. The molecule has 0 unspecified atom stereocenters. The number of H-pyrrole nitrogens is 1. The number of hydrogen-bond donors (Lipinski definition) is 1. The molecule has 0 radical (unpaired) electrons. The molecule has 1 aromatic heterocycles. The number of aromatic nitrogens is 1. The predicted molar refractivity (Wildman–Crippen MR) is 104 cm³/mol. The summed E-state index contributed by atoms with van der Waals surface area (Å²) in [5.74, 6) is 1.99. The van der Waals surface area contributed by atoms with Crippen LogP contribution in [0.1, 0.15) is 40.4 Å². The number of likely N-dealkylation sites (tertiary alicyclic amines) is 1. The van der Waals surface area contributed by atoms with E-state index in [1.165, 1.54) is 18.4 Å². The summed E-state index contributed by atoms with van der Waals surface area (Å²) in [6.07, 6.45) is 4.32. The van der Waals surface area contributed by atoms with Crippen LogP contribution in [0.2, 0.25) is 0 Å². The summed E-state index contributed by atoms with van der Waals surface area (Å²) in [7, 11) is 1.74. The fourth-order valence-corrected chi connectivity index (χ4v) is 5.68. The van der Waals surface area contributed by atoms with Gasteiger partial charge < -0.3 is 14.6 Å². The number of carbonyl (C=O) groups is 1. The average Bonchev–Trinajstić information content (AvgIpc) is 3.33. The number of aryl methyl sites for hydroxylation is 1. The van der Waals surface area contributed by atoms with Crippen LogP contribution in [0.15, 0.2) is 36.5 Å². The van der Waals surface area contributed by atoms with Crippen molar-refractivity contribution in [2.75, 3.05) is 26.7 Å². The maximum atomic E-state index is 13.4. The molecule has 2 aromatic rings. The minimum atomic E-state index is 0.143. The van der Waals surface area contributed by atoms with E-state index in [-0.39, 0.29) is 5.91 Å². The lowest BCUT2D eigenvalue weighted by atomic mass is 9.75. The first-order chi connectivity index (χ1) is 13.2. The zero-order valence-corrected chi connectivity index (χ0v) is 16.0. The minimum absolute atomic E-state index is 0.143. The second-order valence-corrected chi connectivity index (χ2v) is 8.25. The van der Waals surface area contributed by atoms with Crippen molar-refractivity contribution in [3.63, 3.8) is 0 Å². The largest absolute Gasteiger partial charge is 0.496 e. The number of fused-ring (bicyclic) bond motifs is 2. The van der Waals surface area contributed by atoms with Crippen LogP contribution < -0.4 is 4.74 Å². The summed E-state index contributed by atoms with van der Waals surface area (Å²) in [6.45, 7) is 5.09. The van der Waals surface area contributed by atoms with Crippen LogP contribution in [0.25, 0.3) is 0 Å². The number of hydrogen-bond acceptors (Lipinski definition) is 3. The maximum Gasteiger partial charge on any atom is 0.270 e. The number of aromatic amines is 1. The van der Waals surface area contributed by atoms with Crippen LogP contribution in [0.4, 0.5) is 0 Å². The molecule has 5 heteroatoms. The number of para-hydroxylation sites is 1. The summed E-state index contributed by atoms with van der Waals surface area (Å²) in [6, 6.07) is 11.0. The quantitative estimate of drug-likeness (QED) is 0.910. The van der Waals surface area contributed by atoms with Crippen LogP contribution in [0, 0.1) is 12.8 Å². The van der Waals surface area contributed by atoms with Gasteiger partial charge in [-0.25, -0.2) is 0 Å². The van der Waals surface area contributed by atoms with Crippen molar-refractivity contribution in [1.29, 1.82) is 0 Å². The van der Waals surface area contributed by atoms with E-state index in [9.17, 15) is 4.79 Å². The Bertz CT molecular complexity index is 853. The first-order valence-electron chi connectivity index (χ1n) is 10.0. The standard InChI is InChI=1S/C22H27N3O2/c1-14-11-18(23-12-14)22(26)25-13-17(16-5-3-4-6-19(16)27-2)21-20(25)15-7-9-24(21)10-8-15/h3-6,11-12,15,17,20-21,23H,7-10,13H2,1-2H3/t17-,20+,21+/m0/s1. The number of methoxy groups -OCH3 is 1. The van der Waals surface area contributed by atoms with E-state index in [0.29, 0.717) is 29.6 Å². The van der Waals surface area contributed by atoms with Gasteiger partial charge in [0, 0.05) is 30.3 Å². The van der Waals surface area contributed by atoms with E-state index in [0.717, 1.165) is 30.9 Å². The number of carbonyl (C=O) groups excluding carboxylic acids is 1. The van der Waals surface area contributed by atoms with E-state index in [4.69, 9.17) is 4.74 Å². The van der Waals surface area contributed by atoms with Crippen LogP contribution >= 0.6 is 0 Å². The molecule has 2 bridgehead atoms. The van der Waals surface area contributed by atoms with Gasteiger partial charge in [-0.2, -0.15) is 0 Å². The number of benzene rings is 1. The van der Waals surface area contributed by atoms with Crippen molar-refractivity contribution in [3.05, 3.63) is 53.3 Å². The second kappa shape index (κ2) is 6.41. The van der Waals surface area contributed by atoms with Gasteiger partial charge in [0.1, 0.15) is 11.4 Å². The minimum Gasteiger partial charge on any atom is -0.496 e. The zero-order valence-electron chi connectivity index (χ0n) is 16.0. The van der Waals surface area contributed by atoms with Crippen molar-refractivity contribution in [2.24, 2.45) is 5.92 Å². The molecule has 1 N–H and O–H groups in total. The summed E-state index contributed by atoms with van der Waals surface area (Å²) in [4.78, 5) is 21.3. The highest BCUT2D eigenvalue weighted by Gasteiger charge is 2.55. The Morgan fingerprint density at radius 3 is 2.67 bits per heavy atom. The highest BCUT2D eigenvalue weighted by Crippen LogP contribution is 2.48. The van der Waals surface area contributed by atoms with Crippen molar-refractivity contribution in [1.82, 2.24) is 14.8 Å². The molecule has 4 aliphatic rings. The number of nitrogens with zero attached hydrogens (tertiary/aromatic N) is 2. The summed E-state index contributed by atoms with van der Waals surface area (Å²) in [5.41, 5.74) is 3.05. The van der Waals surface area contributed by atoms with Gasteiger partial charge in [0.25, 0.3) is 5.91 Å². The molecule has 27 heavy (non-hydrogen) atoms. The first-order valence-corrected chi connectivity index (χ1v) is 10.0. The molecule has 0 spiro atoms. The Kier molecular flexibility index (Phi) is 4.01. The molecule has 4 saturated heterocycles. The van der Waals surface area contributed by atoms with E-state index < -0.39 is 0 Å². The van der Waals surface area contributed by atoms with Gasteiger partial charge >= 0.3 is 0 Å². The maximum absolute atomic E-state index is 13.4. The Morgan fingerprint density at radius 2 is 1.96 bits per heavy atom.